The fourth-order valence-corrected chi connectivity index (χ4v) is 3.29. The van der Waals surface area contributed by atoms with Gasteiger partial charge in [-0.1, -0.05) is 12.5 Å². The van der Waals surface area contributed by atoms with Gasteiger partial charge in [-0.25, -0.2) is 0 Å². The van der Waals surface area contributed by atoms with Crippen LogP contribution >= 0.6 is 0 Å². The molecule has 1 aliphatic heterocycles. The Labute approximate surface area is 143 Å². The van der Waals surface area contributed by atoms with E-state index in [1.807, 2.05) is 37.3 Å². The Kier molecular flexibility index (Phi) is 5.36. The third-order valence-electron chi connectivity index (χ3n) is 4.93. The molecule has 1 amide bonds. The zero-order valence-electron chi connectivity index (χ0n) is 14.5. The standard InChI is InChI=1S/C20H26N2O2/c1-15-8-9-17(13-16(15)2)20(23)21-14-18(19-7-6-12-24-19)22-10-4-3-5-11-22/h6-9,12-13,18H,3-5,10-11,14H2,1-2H3,(H,21,23). The van der Waals surface area contributed by atoms with Gasteiger partial charge in [0.05, 0.1) is 12.3 Å². The summed E-state index contributed by atoms with van der Waals surface area (Å²) in [5.74, 6) is 0.906. The predicted octanol–water partition coefficient (Wildman–Crippen LogP) is 3.85. The topological polar surface area (TPSA) is 45.5 Å². The van der Waals surface area contributed by atoms with Crippen molar-refractivity contribution in [2.45, 2.75) is 39.2 Å². The highest BCUT2D eigenvalue weighted by molar-refractivity contribution is 5.94. The molecule has 1 N–H and O–H groups in total. The van der Waals surface area contributed by atoms with Gasteiger partial charge in [-0.3, -0.25) is 9.69 Å². The molecule has 2 aromatic rings. The van der Waals surface area contributed by atoms with E-state index in [2.05, 4.69) is 17.1 Å². The molecule has 0 aliphatic carbocycles. The zero-order valence-corrected chi connectivity index (χ0v) is 14.5. The van der Waals surface area contributed by atoms with Crippen LogP contribution in [0.25, 0.3) is 0 Å². The molecule has 24 heavy (non-hydrogen) atoms. The largest absolute Gasteiger partial charge is 0.468 e. The van der Waals surface area contributed by atoms with Crippen LogP contribution < -0.4 is 5.32 Å². The molecule has 0 spiro atoms. The van der Waals surface area contributed by atoms with Crippen molar-refractivity contribution in [2.24, 2.45) is 0 Å². The summed E-state index contributed by atoms with van der Waals surface area (Å²) in [5, 5.41) is 3.09. The van der Waals surface area contributed by atoms with Crippen LogP contribution in [0.5, 0.6) is 0 Å². The molecule has 1 aromatic heterocycles. The molecule has 1 saturated heterocycles. The number of piperidine rings is 1. The third-order valence-corrected chi connectivity index (χ3v) is 4.93. The van der Waals surface area contributed by atoms with Crippen LogP contribution in [0.3, 0.4) is 0 Å². The summed E-state index contributed by atoms with van der Waals surface area (Å²) in [6.45, 7) is 6.78. The van der Waals surface area contributed by atoms with E-state index < -0.39 is 0 Å². The Morgan fingerprint density at radius 2 is 1.96 bits per heavy atom. The Morgan fingerprint density at radius 3 is 2.62 bits per heavy atom. The van der Waals surface area contributed by atoms with Crippen LogP contribution in [0, 0.1) is 13.8 Å². The van der Waals surface area contributed by atoms with Crippen LogP contribution in [0.15, 0.2) is 41.0 Å². The fourth-order valence-electron chi connectivity index (χ4n) is 3.29. The van der Waals surface area contributed by atoms with Gasteiger partial charge in [0.2, 0.25) is 0 Å². The third kappa shape index (κ3) is 3.88. The molecule has 2 heterocycles. The second kappa shape index (κ2) is 7.67. The summed E-state index contributed by atoms with van der Waals surface area (Å²) in [5.41, 5.74) is 3.06. The molecular weight excluding hydrogens is 300 g/mol. The smallest absolute Gasteiger partial charge is 0.251 e. The summed E-state index contributed by atoms with van der Waals surface area (Å²) >= 11 is 0. The number of hydrogen-bond acceptors (Lipinski definition) is 3. The highest BCUT2D eigenvalue weighted by atomic mass is 16.3. The van der Waals surface area contributed by atoms with Crippen molar-refractivity contribution in [2.75, 3.05) is 19.6 Å². The first-order valence-electron chi connectivity index (χ1n) is 8.78. The maximum absolute atomic E-state index is 12.5. The molecule has 4 heteroatoms. The highest BCUT2D eigenvalue weighted by Gasteiger charge is 2.25. The van der Waals surface area contributed by atoms with Gasteiger partial charge in [-0.15, -0.1) is 0 Å². The van der Waals surface area contributed by atoms with E-state index in [-0.39, 0.29) is 11.9 Å². The van der Waals surface area contributed by atoms with Crippen LogP contribution in [0.1, 0.15) is 52.5 Å². The lowest BCUT2D eigenvalue weighted by atomic mass is 10.0. The van der Waals surface area contributed by atoms with Gasteiger partial charge in [-0.05, 0) is 75.2 Å². The van der Waals surface area contributed by atoms with Crippen molar-refractivity contribution in [3.05, 3.63) is 59.0 Å². The lowest BCUT2D eigenvalue weighted by Gasteiger charge is -2.33. The quantitative estimate of drug-likeness (QED) is 0.907. The molecule has 0 bridgehead atoms. The summed E-state index contributed by atoms with van der Waals surface area (Å²) in [6.07, 6.45) is 5.42. The molecule has 1 aliphatic rings. The number of aryl methyl sites for hydroxylation is 2. The number of rotatable bonds is 5. The van der Waals surface area contributed by atoms with E-state index in [0.29, 0.717) is 6.54 Å². The highest BCUT2D eigenvalue weighted by Crippen LogP contribution is 2.24. The minimum atomic E-state index is -0.0216. The molecule has 4 nitrogen and oxygen atoms in total. The maximum atomic E-state index is 12.5. The van der Waals surface area contributed by atoms with Crippen molar-refractivity contribution >= 4 is 5.91 Å². The Bertz CT molecular complexity index is 673. The summed E-state index contributed by atoms with van der Waals surface area (Å²) < 4.78 is 5.63. The number of hydrogen-bond donors (Lipinski definition) is 1. The van der Waals surface area contributed by atoms with E-state index in [9.17, 15) is 4.79 Å². The molecule has 0 radical (unpaired) electrons. The first kappa shape index (κ1) is 16.8. The Balaban J connectivity index is 1.68. The molecule has 1 unspecified atom stereocenters. The molecular formula is C20H26N2O2. The van der Waals surface area contributed by atoms with Gasteiger partial charge in [-0.2, -0.15) is 0 Å². The van der Waals surface area contributed by atoms with Gasteiger partial charge in [0.15, 0.2) is 0 Å². The predicted molar refractivity (Wildman–Crippen MR) is 95.1 cm³/mol. The van der Waals surface area contributed by atoms with Gasteiger partial charge in [0.1, 0.15) is 5.76 Å². The number of nitrogens with one attached hydrogen (secondary N) is 1. The van der Waals surface area contributed by atoms with Gasteiger partial charge >= 0.3 is 0 Å². The fraction of sp³-hybridized carbons (Fsp3) is 0.450. The van der Waals surface area contributed by atoms with Crippen molar-refractivity contribution in [3.8, 4) is 0 Å². The van der Waals surface area contributed by atoms with Crippen molar-refractivity contribution in [1.82, 2.24) is 10.2 Å². The van der Waals surface area contributed by atoms with Crippen molar-refractivity contribution in [3.63, 3.8) is 0 Å². The molecule has 3 rings (SSSR count). The Hall–Kier alpha value is -2.07. The summed E-state index contributed by atoms with van der Waals surface area (Å²) in [6, 6.07) is 9.86. The SMILES string of the molecule is Cc1ccc(C(=O)NCC(c2ccco2)N2CCCCC2)cc1C. The van der Waals surface area contributed by atoms with Crippen LogP contribution in [-0.4, -0.2) is 30.4 Å². The lowest BCUT2D eigenvalue weighted by Crippen LogP contribution is -2.40. The van der Waals surface area contributed by atoms with E-state index in [4.69, 9.17) is 4.42 Å². The minimum absolute atomic E-state index is 0.0216. The second-order valence-electron chi connectivity index (χ2n) is 6.64. The number of benzene rings is 1. The normalized spacial score (nSPS) is 16.8. The first-order chi connectivity index (χ1) is 11.6. The number of furan rings is 1. The Morgan fingerprint density at radius 1 is 1.17 bits per heavy atom. The summed E-state index contributed by atoms with van der Waals surface area (Å²) in [7, 11) is 0. The minimum Gasteiger partial charge on any atom is -0.468 e. The average Bonchev–Trinajstić information content (AvgIpc) is 3.12. The van der Waals surface area contributed by atoms with E-state index in [0.717, 1.165) is 30.0 Å². The van der Waals surface area contributed by atoms with Crippen molar-refractivity contribution < 1.29 is 9.21 Å². The molecule has 1 fully saturated rings. The van der Waals surface area contributed by atoms with Crippen molar-refractivity contribution in [1.29, 1.82) is 0 Å². The summed E-state index contributed by atoms with van der Waals surface area (Å²) in [4.78, 5) is 14.9. The maximum Gasteiger partial charge on any atom is 0.251 e. The monoisotopic (exact) mass is 326 g/mol. The number of carbonyl (C=O) groups is 1. The van der Waals surface area contributed by atoms with Gasteiger partial charge in [0.25, 0.3) is 5.91 Å². The lowest BCUT2D eigenvalue weighted by molar-refractivity contribution is 0.0914. The van der Waals surface area contributed by atoms with E-state index in [1.165, 1.54) is 24.8 Å². The van der Waals surface area contributed by atoms with Crippen LogP contribution in [0.2, 0.25) is 0 Å². The van der Waals surface area contributed by atoms with Crippen LogP contribution in [0.4, 0.5) is 0 Å². The number of amides is 1. The number of likely N-dealkylation sites (tertiary alicyclic amines) is 1. The van der Waals surface area contributed by atoms with Gasteiger partial charge < -0.3 is 9.73 Å². The zero-order chi connectivity index (χ0) is 16.9. The van der Waals surface area contributed by atoms with Gasteiger partial charge in [0, 0.05) is 12.1 Å². The first-order valence-corrected chi connectivity index (χ1v) is 8.78. The average molecular weight is 326 g/mol. The molecule has 1 aromatic carbocycles. The number of carbonyl (C=O) groups excluding carboxylic acids is 1. The number of nitrogens with zero attached hydrogens (tertiary/aromatic N) is 1. The van der Waals surface area contributed by atoms with Crippen LogP contribution in [-0.2, 0) is 0 Å². The van der Waals surface area contributed by atoms with E-state index in [1.54, 1.807) is 6.26 Å². The molecule has 128 valence electrons. The molecule has 0 saturated carbocycles. The second-order valence-corrected chi connectivity index (χ2v) is 6.64. The molecule has 1 atom stereocenters. The van der Waals surface area contributed by atoms with E-state index >= 15 is 0 Å².